The van der Waals surface area contributed by atoms with Crippen LogP contribution in [0.5, 0.6) is 0 Å². The molecule has 6 rings (SSSR count). The quantitative estimate of drug-likeness (QED) is 0.380. The van der Waals surface area contributed by atoms with Crippen LogP contribution in [0.15, 0.2) is 102 Å². The lowest BCUT2D eigenvalue weighted by Gasteiger charge is -2.14. The van der Waals surface area contributed by atoms with Crippen LogP contribution in [0.25, 0.3) is 33.5 Å². The second kappa shape index (κ2) is 9.66. The van der Waals surface area contributed by atoms with Gasteiger partial charge in [-0.1, -0.05) is 48.5 Å². The zero-order chi connectivity index (χ0) is 25.1. The molecule has 0 bridgehead atoms. The minimum atomic E-state index is -0.104. The van der Waals surface area contributed by atoms with Gasteiger partial charge in [0.1, 0.15) is 5.69 Å². The summed E-state index contributed by atoms with van der Waals surface area (Å²) < 4.78 is 5.49. The first kappa shape index (κ1) is 22.7. The van der Waals surface area contributed by atoms with Gasteiger partial charge in [0, 0.05) is 30.5 Å². The van der Waals surface area contributed by atoms with Crippen LogP contribution in [-0.2, 0) is 16.1 Å². The third-order valence-corrected chi connectivity index (χ3v) is 6.03. The van der Waals surface area contributed by atoms with Gasteiger partial charge in [-0.25, -0.2) is 4.68 Å². The Kier molecular flexibility index (Phi) is 6.09. The van der Waals surface area contributed by atoms with Gasteiger partial charge in [0.25, 0.3) is 5.56 Å². The SMILES string of the molecule is Cc1ccccc1-n1nc2c3ccccc3n(Cc3ccc(-n4cccn4)cc3)cc-2c1=O.O=C=O. The van der Waals surface area contributed by atoms with Gasteiger partial charge in [-0.15, -0.1) is 0 Å². The Hall–Kier alpha value is -5.07. The normalized spacial score (nSPS) is 10.7. The van der Waals surface area contributed by atoms with Gasteiger partial charge in [0.2, 0.25) is 0 Å². The van der Waals surface area contributed by atoms with Gasteiger partial charge >= 0.3 is 6.15 Å². The third-order valence-electron chi connectivity index (χ3n) is 6.03. The van der Waals surface area contributed by atoms with Gasteiger partial charge in [-0.05, 0) is 48.4 Å². The number of benzene rings is 3. The lowest BCUT2D eigenvalue weighted by molar-refractivity contribution is -0.191. The maximum atomic E-state index is 13.4. The standard InChI is InChI=1S/C27H21N5O.CO2/c1-19-7-2-4-9-24(19)32-27(33)23-18-30(25-10-5-3-8-22(25)26(23)29-32)17-20-11-13-21(14-12-20)31-16-6-15-28-31;2-1-3/h2-16,18H,17H2,1H3;. The summed E-state index contributed by atoms with van der Waals surface area (Å²) in [5, 5.41) is 9.99. The lowest BCUT2D eigenvalue weighted by atomic mass is 10.1. The molecule has 4 aromatic rings. The maximum absolute atomic E-state index is 13.4. The van der Waals surface area contributed by atoms with E-state index in [0.29, 0.717) is 12.1 Å². The summed E-state index contributed by atoms with van der Waals surface area (Å²) >= 11 is 0. The van der Waals surface area contributed by atoms with E-state index >= 15 is 0 Å². The topological polar surface area (TPSA) is 91.8 Å². The highest BCUT2D eigenvalue weighted by Gasteiger charge is 2.21. The average Bonchev–Trinajstić information content (AvgIpc) is 3.55. The molecule has 0 radical (unpaired) electrons. The minimum absolute atomic E-state index is 0.104. The van der Waals surface area contributed by atoms with E-state index in [9.17, 15) is 4.79 Å². The van der Waals surface area contributed by atoms with Gasteiger partial charge in [-0.3, -0.25) is 4.79 Å². The van der Waals surface area contributed by atoms with E-state index < -0.39 is 0 Å². The first-order valence-corrected chi connectivity index (χ1v) is 11.3. The van der Waals surface area contributed by atoms with Crippen LogP contribution >= 0.6 is 0 Å². The van der Waals surface area contributed by atoms with E-state index in [4.69, 9.17) is 14.7 Å². The first-order chi connectivity index (χ1) is 17.6. The predicted molar refractivity (Wildman–Crippen MR) is 134 cm³/mol. The number of hydrogen-bond donors (Lipinski definition) is 0. The molecule has 0 unspecified atom stereocenters. The van der Waals surface area contributed by atoms with Crippen molar-refractivity contribution in [2.24, 2.45) is 0 Å². The van der Waals surface area contributed by atoms with Crippen molar-refractivity contribution in [1.29, 1.82) is 0 Å². The first-order valence-electron chi connectivity index (χ1n) is 11.3. The van der Waals surface area contributed by atoms with Crippen molar-refractivity contribution in [2.75, 3.05) is 0 Å². The van der Waals surface area contributed by atoms with Crippen molar-refractivity contribution in [3.63, 3.8) is 0 Å². The van der Waals surface area contributed by atoms with E-state index in [0.717, 1.165) is 39.1 Å². The molecule has 0 amide bonds. The number of nitrogens with zero attached hydrogens (tertiary/aromatic N) is 5. The van der Waals surface area contributed by atoms with E-state index in [-0.39, 0.29) is 11.7 Å². The fourth-order valence-corrected chi connectivity index (χ4v) is 4.35. The van der Waals surface area contributed by atoms with Crippen LogP contribution in [-0.4, -0.2) is 30.3 Å². The maximum Gasteiger partial charge on any atom is 0.373 e. The Balaban J connectivity index is 0.000000848. The number of para-hydroxylation sites is 2. The Morgan fingerprint density at radius 2 is 1.61 bits per heavy atom. The fourth-order valence-electron chi connectivity index (χ4n) is 4.35. The molecule has 2 aliphatic rings. The molecule has 1 aromatic heterocycles. The number of aryl methyl sites for hydroxylation is 1. The average molecular weight is 476 g/mol. The molecule has 0 fully saturated rings. The molecule has 8 heteroatoms. The molecular formula is C28H21N5O3. The van der Waals surface area contributed by atoms with Crippen LogP contribution in [0.3, 0.4) is 0 Å². The summed E-state index contributed by atoms with van der Waals surface area (Å²) in [6.07, 6.45) is 5.87. The summed E-state index contributed by atoms with van der Waals surface area (Å²) in [6.45, 7) is 2.64. The van der Waals surface area contributed by atoms with Crippen LogP contribution < -0.4 is 5.56 Å². The lowest BCUT2D eigenvalue weighted by Crippen LogP contribution is -2.16. The predicted octanol–water partition coefficient (Wildman–Crippen LogP) is 4.25. The zero-order valence-electron chi connectivity index (χ0n) is 19.4. The number of pyridine rings is 1. The van der Waals surface area contributed by atoms with E-state index in [1.165, 1.54) is 4.68 Å². The molecule has 3 aromatic carbocycles. The largest absolute Gasteiger partial charge is 0.373 e. The molecule has 0 spiro atoms. The van der Waals surface area contributed by atoms with Crippen molar-refractivity contribution in [3.8, 4) is 22.6 Å². The molecule has 0 atom stereocenters. The van der Waals surface area contributed by atoms with E-state index in [1.54, 1.807) is 6.20 Å². The van der Waals surface area contributed by atoms with E-state index in [1.807, 2.05) is 72.5 Å². The molecule has 0 N–H and O–H groups in total. The van der Waals surface area contributed by atoms with Gasteiger partial charge in [-0.2, -0.15) is 24.5 Å². The molecule has 36 heavy (non-hydrogen) atoms. The second-order valence-electron chi connectivity index (χ2n) is 8.24. The highest BCUT2D eigenvalue weighted by atomic mass is 16.2. The Labute approximate surface area is 206 Å². The molecular weight excluding hydrogens is 454 g/mol. The van der Waals surface area contributed by atoms with Crippen LogP contribution in [0.2, 0.25) is 0 Å². The Morgan fingerprint density at radius 3 is 2.33 bits per heavy atom. The Bertz CT molecular complexity index is 1710. The second-order valence-corrected chi connectivity index (χ2v) is 8.24. The summed E-state index contributed by atoms with van der Waals surface area (Å²) in [5.41, 5.74) is 6.24. The monoisotopic (exact) mass is 475 g/mol. The van der Waals surface area contributed by atoms with E-state index in [2.05, 4.69) is 40.0 Å². The molecule has 176 valence electrons. The number of hydrogen-bond acceptors (Lipinski definition) is 5. The smallest absolute Gasteiger partial charge is 0.342 e. The highest BCUT2D eigenvalue weighted by molar-refractivity contribution is 5.93. The fraction of sp³-hybridized carbons (Fsp3) is 0.0714. The number of carbonyl (C=O) groups excluding carboxylic acids is 2. The van der Waals surface area contributed by atoms with Crippen molar-refractivity contribution in [3.05, 3.63) is 119 Å². The van der Waals surface area contributed by atoms with Gasteiger partial charge in [0.15, 0.2) is 0 Å². The third kappa shape index (κ3) is 4.13. The molecule has 0 saturated heterocycles. The molecule has 0 aliphatic carbocycles. The summed E-state index contributed by atoms with van der Waals surface area (Å²) in [6, 6.07) is 26.1. The highest BCUT2D eigenvalue weighted by Crippen LogP contribution is 2.29. The summed E-state index contributed by atoms with van der Waals surface area (Å²) in [7, 11) is 0. The van der Waals surface area contributed by atoms with Gasteiger partial charge in [0.05, 0.1) is 22.5 Å². The Morgan fingerprint density at radius 1 is 0.889 bits per heavy atom. The number of aromatic nitrogens is 5. The summed E-state index contributed by atoms with van der Waals surface area (Å²) in [4.78, 5) is 29.6. The molecule has 2 aliphatic heterocycles. The molecule has 8 nitrogen and oxygen atoms in total. The number of rotatable bonds is 4. The van der Waals surface area contributed by atoms with Gasteiger partial charge < -0.3 is 4.57 Å². The molecule has 3 heterocycles. The number of fused-ring (bicyclic) bond motifs is 3. The zero-order valence-corrected chi connectivity index (χ0v) is 19.4. The minimum Gasteiger partial charge on any atom is -0.342 e. The molecule has 0 saturated carbocycles. The van der Waals surface area contributed by atoms with Crippen molar-refractivity contribution >= 4 is 17.1 Å². The van der Waals surface area contributed by atoms with Crippen molar-refractivity contribution in [2.45, 2.75) is 13.5 Å². The van der Waals surface area contributed by atoms with Crippen LogP contribution in [0.4, 0.5) is 0 Å². The van der Waals surface area contributed by atoms with Crippen LogP contribution in [0, 0.1) is 6.92 Å². The summed E-state index contributed by atoms with van der Waals surface area (Å²) in [5.74, 6) is 0. The van der Waals surface area contributed by atoms with Crippen molar-refractivity contribution in [1.82, 2.24) is 24.1 Å². The van der Waals surface area contributed by atoms with Crippen molar-refractivity contribution < 1.29 is 9.59 Å². The van der Waals surface area contributed by atoms with Crippen LogP contribution in [0.1, 0.15) is 11.1 Å².